The lowest BCUT2D eigenvalue weighted by molar-refractivity contribution is 0.215. The molecule has 1 atom stereocenters. The Morgan fingerprint density at radius 3 is 2.77 bits per heavy atom. The largest absolute Gasteiger partial charge is 0.338 e. The number of nitrogens with one attached hydrogen (secondary N) is 1. The summed E-state index contributed by atoms with van der Waals surface area (Å²) in [7, 11) is 5.64. The van der Waals surface area contributed by atoms with E-state index >= 15 is 0 Å². The maximum Gasteiger partial charge on any atom is 0.316 e. The Balaban J connectivity index is 2.16. The third-order valence-corrected chi connectivity index (χ3v) is 2.44. The zero-order valence-corrected chi connectivity index (χ0v) is 8.71. The van der Waals surface area contributed by atoms with E-state index in [0.29, 0.717) is 5.92 Å². The molecule has 1 unspecified atom stereocenters. The van der Waals surface area contributed by atoms with Crippen LogP contribution in [0.1, 0.15) is 6.42 Å². The van der Waals surface area contributed by atoms with Crippen molar-refractivity contribution in [2.75, 3.05) is 40.8 Å². The Labute approximate surface area is 79.9 Å². The zero-order chi connectivity index (χ0) is 9.84. The quantitative estimate of drug-likeness (QED) is 0.667. The predicted octanol–water partition coefficient (Wildman–Crippen LogP) is 0.209. The average Bonchev–Trinajstić information content (AvgIpc) is 2.47. The van der Waals surface area contributed by atoms with E-state index in [4.69, 9.17) is 0 Å². The highest BCUT2D eigenvalue weighted by atomic mass is 16.2. The van der Waals surface area contributed by atoms with Crippen molar-refractivity contribution >= 4 is 6.03 Å². The first-order valence-electron chi connectivity index (χ1n) is 4.73. The van der Waals surface area contributed by atoms with Gasteiger partial charge in [-0.05, 0) is 25.9 Å². The molecular weight excluding hydrogens is 166 g/mol. The minimum Gasteiger partial charge on any atom is -0.338 e. The Morgan fingerprint density at radius 1 is 1.62 bits per heavy atom. The van der Waals surface area contributed by atoms with Gasteiger partial charge >= 0.3 is 6.03 Å². The van der Waals surface area contributed by atoms with Gasteiger partial charge < -0.3 is 15.1 Å². The first kappa shape index (κ1) is 10.3. The van der Waals surface area contributed by atoms with Gasteiger partial charge in [0.15, 0.2) is 0 Å². The highest BCUT2D eigenvalue weighted by Crippen LogP contribution is 2.12. The molecule has 76 valence electrons. The van der Waals surface area contributed by atoms with E-state index in [1.807, 2.05) is 0 Å². The highest BCUT2D eigenvalue weighted by molar-refractivity contribution is 5.73. The number of hydrogen-bond acceptors (Lipinski definition) is 2. The first-order chi connectivity index (χ1) is 6.09. The molecule has 1 aliphatic heterocycles. The fourth-order valence-electron chi connectivity index (χ4n) is 1.58. The molecule has 1 rings (SSSR count). The second-order valence-corrected chi connectivity index (χ2v) is 4.00. The van der Waals surface area contributed by atoms with E-state index in [0.717, 1.165) is 19.6 Å². The van der Waals surface area contributed by atoms with Crippen LogP contribution in [0.4, 0.5) is 4.79 Å². The molecule has 0 aliphatic carbocycles. The zero-order valence-electron chi connectivity index (χ0n) is 8.71. The van der Waals surface area contributed by atoms with Crippen LogP contribution < -0.4 is 5.32 Å². The summed E-state index contributed by atoms with van der Waals surface area (Å²) in [5, 5.41) is 2.90. The molecular formula is C9H19N3O. The van der Waals surface area contributed by atoms with Crippen LogP contribution in [0.2, 0.25) is 0 Å². The number of carbonyl (C=O) groups is 1. The number of nitrogens with zero attached hydrogens (tertiary/aromatic N) is 2. The van der Waals surface area contributed by atoms with Gasteiger partial charge in [0.05, 0.1) is 0 Å². The van der Waals surface area contributed by atoms with E-state index < -0.39 is 0 Å². The summed E-state index contributed by atoms with van der Waals surface area (Å²) in [6.45, 7) is 3.07. The summed E-state index contributed by atoms with van der Waals surface area (Å²) in [5.41, 5.74) is 0. The normalized spacial score (nSPS) is 23.2. The molecule has 4 heteroatoms. The minimum atomic E-state index is 0.00885. The van der Waals surface area contributed by atoms with Crippen LogP contribution in [0, 0.1) is 5.92 Å². The van der Waals surface area contributed by atoms with Gasteiger partial charge in [-0.15, -0.1) is 0 Å². The smallest absolute Gasteiger partial charge is 0.316 e. The Kier molecular flexibility index (Phi) is 3.54. The minimum absolute atomic E-state index is 0.00885. The molecule has 0 aromatic carbocycles. The summed E-state index contributed by atoms with van der Waals surface area (Å²) in [4.78, 5) is 15.0. The predicted molar refractivity (Wildman–Crippen MR) is 52.7 cm³/mol. The SMILES string of the molecule is CN1CCC(CNC(=O)N(C)C)C1. The first-order valence-corrected chi connectivity index (χ1v) is 4.73. The van der Waals surface area contributed by atoms with Crippen LogP contribution >= 0.6 is 0 Å². The maximum absolute atomic E-state index is 11.2. The summed E-state index contributed by atoms with van der Waals surface area (Å²) >= 11 is 0. The van der Waals surface area contributed by atoms with E-state index in [2.05, 4.69) is 17.3 Å². The van der Waals surface area contributed by atoms with Crippen LogP contribution in [0.25, 0.3) is 0 Å². The molecule has 0 aromatic rings. The molecule has 0 aromatic heterocycles. The lowest BCUT2D eigenvalue weighted by Gasteiger charge is -2.15. The molecule has 13 heavy (non-hydrogen) atoms. The van der Waals surface area contributed by atoms with Gasteiger partial charge in [-0.1, -0.05) is 0 Å². The number of urea groups is 1. The summed E-state index contributed by atoms with van der Waals surface area (Å²) < 4.78 is 0. The number of carbonyl (C=O) groups excluding carboxylic acids is 1. The van der Waals surface area contributed by atoms with Gasteiger partial charge in [-0.3, -0.25) is 0 Å². The Morgan fingerprint density at radius 2 is 2.31 bits per heavy atom. The fourth-order valence-corrected chi connectivity index (χ4v) is 1.58. The molecule has 0 bridgehead atoms. The van der Waals surface area contributed by atoms with Crippen molar-refractivity contribution in [2.24, 2.45) is 5.92 Å². The van der Waals surface area contributed by atoms with Crippen molar-refractivity contribution in [3.63, 3.8) is 0 Å². The van der Waals surface area contributed by atoms with Crippen LogP contribution in [0.5, 0.6) is 0 Å². The number of likely N-dealkylation sites (tertiary alicyclic amines) is 1. The Hall–Kier alpha value is -0.770. The molecule has 0 radical (unpaired) electrons. The molecule has 4 nitrogen and oxygen atoms in total. The van der Waals surface area contributed by atoms with Crippen molar-refractivity contribution < 1.29 is 4.79 Å². The van der Waals surface area contributed by atoms with Gasteiger partial charge in [0.2, 0.25) is 0 Å². The molecule has 1 saturated heterocycles. The topological polar surface area (TPSA) is 35.6 Å². The van der Waals surface area contributed by atoms with Crippen LogP contribution in [-0.4, -0.2) is 56.6 Å². The van der Waals surface area contributed by atoms with Crippen molar-refractivity contribution in [3.05, 3.63) is 0 Å². The van der Waals surface area contributed by atoms with E-state index in [-0.39, 0.29) is 6.03 Å². The third-order valence-electron chi connectivity index (χ3n) is 2.44. The van der Waals surface area contributed by atoms with Gasteiger partial charge in [-0.2, -0.15) is 0 Å². The van der Waals surface area contributed by atoms with Gasteiger partial charge in [-0.25, -0.2) is 4.79 Å². The van der Waals surface area contributed by atoms with Gasteiger partial charge in [0, 0.05) is 27.2 Å². The lowest BCUT2D eigenvalue weighted by Crippen LogP contribution is -2.37. The third kappa shape index (κ3) is 3.22. The Bertz CT molecular complexity index is 182. The van der Waals surface area contributed by atoms with Crippen molar-refractivity contribution in [1.82, 2.24) is 15.1 Å². The number of hydrogen-bond donors (Lipinski definition) is 1. The maximum atomic E-state index is 11.2. The molecule has 2 amide bonds. The van der Waals surface area contributed by atoms with Gasteiger partial charge in [0.1, 0.15) is 0 Å². The van der Waals surface area contributed by atoms with E-state index in [1.165, 1.54) is 6.42 Å². The standard InChI is InChI=1S/C9H19N3O/c1-11(2)9(13)10-6-8-4-5-12(3)7-8/h8H,4-7H2,1-3H3,(H,10,13). The highest BCUT2D eigenvalue weighted by Gasteiger charge is 2.19. The van der Waals surface area contributed by atoms with Crippen molar-refractivity contribution in [1.29, 1.82) is 0 Å². The molecule has 1 N–H and O–H groups in total. The lowest BCUT2D eigenvalue weighted by atomic mass is 10.1. The van der Waals surface area contributed by atoms with Crippen molar-refractivity contribution in [2.45, 2.75) is 6.42 Å². The van der Waals surface area contributed by atoms with E-state index in [9.17, 15) is 4.79 Å². The van der Waals surface area contributed by atoms with Crippen LogP contribution in [0.3, 0.4) is 0 Å². The van der Waals surface area contributed by atoms with Crippen LogP contribution in [0.15, 0.2) is 0 Å². The molecule has 1 heterocycles. The fraction of sp³-hybridized carbons (Fsp3) is 0.889. The average molecular weight is 185 g/mol. The van der Waals surface area contributed by atoms with E-state index in [1.54, 1.807) is 19.0 Å². The number of amides is 2. The van der Waals surface area contributed by atoms with Crippen LogP contribution in [-0.2, 0) is 0 Å². The summed E-state index contributed by atoms with van der Waals surface area (Å²) in [5.74, 6) is 0.633. The van der Waals surface area contributed by atoms with Crippen molar-refractivity contribution in [3.8, 4) is 0 Å². The van der Waals surface area contributed by atoms with Gasteiger partial charge in [0.25, 0.3) is 0 Å². The second kappa shape index (κ2) is 4.46. The second-order valence-electron chi connectivity index (χ2n) is 4.00. The number of rotatable bonds is 2. The molecule has 1 aliphatic rings. The monoisotopic (exact) mass is 185 g/mol. The molecule has 1 fully saturated rings. The molecule has 0 saturated carbocycles. The molecule has 0 spiro atoms. The summed E-state index contributed by atoms with van der Waals surface area (Å²) in [6, 6.07) is 0.00885. The summed E-state index contributed by atoms with van der Waals surface area (Å²) in [6.07, 6.45) is 1.20.